The third-order valence-electron chi connectivity index (χ3n) is 5.84. The topological polar surface area (TPSA) is 95.9 Å². The Morgan fingerprint density at radius 2 is 1.63 bits per heavy atom. The number of anilines is 1. The van der Waals surface area contributed by atoms with Crippen molar-refractivity contribution in [3.8, 4) is 0 Å². The Balaban J connectivity index is 1.58. The molecule has 0 saturated carbocycles. The third-order valence-corrected chi connectivity index (χ3v) is 7.19. The Kier molecular flexibility index (Phi) is 5.43. The molecular formula is C24H16F3N3O4S. The molecular weight excluding hydrogens is 483 g/mol. The maximum absolute atomic E-state index is 13.8. The second-order valence-corrected chi connectivity index (χ2v) is 9.65. The minimum absolute atomic E-state index is 0.102. The van der Waals surface area contributed by atoms with Gasteiger partial charge in [0, 0.05) is 6.54 Å². The zero-order valence-electron chi connectivity index (χ0n) is 17.8. The molecule has 0 radical (unpaired) electrons. The van der Waals surface area contributed by atoms with E-state index in [0.717, 1.165) is 29.2 Å². The maximum Gasteiger partial charge on any atom is 0.286 e. The maximum atomic E-state index is 13.8. The molecule has 2 aliphatic heterocycles. The van der Waals surface area contributed by atoms with E-state index < -0.39 is 51.1 Å². The Morgan fingerprint density at radius 1 is 0.914 bits per heavy atom. The van der Waals surface area contributed by atoms with Crippen molar-refractivity contribution in [2.45, 2.75) is 17.5 Å². The molecule has 0 aliphatic carbocycles. The summed E-state index contributed by atoms with van der Waals surface area (Å²) in [7, 11) is -4.19. The van der Waals surface area contributed by atoms with Gasteiger partial charge in [-0.25, -0.2) is 13.2 Å². The van der Waals surface area contributed by atoms with Crippen molar-refractivity contribution in [1.82, 2.24) is 4.90 Å². The van der Waals surface area contributed by atoms with E-state index in [9.17, 15) is 31.2 Å². The molecule has 1 unspecified atom stereocenters. The second-order valence-electron chi connectivity index (χ2n) is 8.08. The van der Waals surface area contributed by atoms with Gasteiger partial charge in [-0.3, -0.25) is 9.59 Å². The van der Waals surface area contributed by atoms with Crippen molar-refractivity contribution in [1.29, 1.82) is 0 Å². The summed E-state index contributed by atoms with van der Waals surface area (Å²) in [5.74, 6) is -6.20. The number of halogens is 3. The van der Waals surface area contributed by atoms with Crippen LogP contribution in [-0.4, -0.2) is 30.8 Å². The molecule has 0 bridgehead atoms. The minimum Gasteiger partial charge on any atom is -0.341 e. The highest BCUT2D eigenvalue weighted by Gasteiger charge is 2.51. The lowest BCUT2D eigenvalue weighted by atomic mass is 9.96. The standard InChI is InChI=1S/C24H16F3N3O4S/c25-15-8-6-14(7-9-15)21-22(31)20(23-28-18-3-1-2-4-19(18)35(33,34)29-23)24(32)30(21)12-13-5-10-16(26)17(27)11-13/h1-11,20-21H,12H2,(H,28,29)/t20?,21-/m0/s1. The normalized spacial score (nSPS) is 20.9. The monoisotopic (exact) mass is 499 g/mol. The molecule has 178 valence electrons. The van der Waals surface area contributed by atoms with Crippen molar-refractivity contribution in [2.75, 3.05) is 5.32 Å². The number of nitrogens with one attached hydrogen (secondary N) is 1. The summed E-state index contributed by atoms with van der Waals surface area (Å²) in [6, 6.07) is 12.6. The number of para-hydroxylation sites is 1. The van der Waals surface area contributed by atoms with Crippen LogP contribution >= 0.6 is 0 Å². The van der Waals surface area contributed by atoms with Gasteiger partial charge >= 0.3 is 0 Å². The van der Waals surface area contributed by atoms with Gasteiger partial charge in [0.1, 0.15) is 22.6 Å². The lowest BCUT2D eigenvalue weighted by molar-refractivity contribution is -0.131. The van der Waals surface area contributed by atoms with Crippen LogP contribution in [0.4, 0.5) is 18.9 Å². The largest absolute Gasteiger partial charge is 0.341 e. The number of ketones is 1. The first kappa shape index (κ1) is 22.8. The average molecular weight is 499 g/mol. The smallest absolute Gasteiger partial charge is 0.286 e. The number of Topliss-reactive ketones (excluding diaryl/α,β-unsaturated/α-hetero) is 1. The molecule has 3 aromatic carbocycles. The van der Waals surface area contributed by atoms with Gasteiger partial charge in [0.2, 0.25) is 5.91 Å². The first-order chi connectivity index (χ1) is 16.7. The van der Waals surface area contributed by atoms with Crippen LogP contribution < -0.4 is 5.32 Å². The summed E-state index contributed by atoms with van der Waals surface area (Å²) in [4.78, 5) is 28.0. The highest BCUT2D eigenvalue weighted by atomic mass is 32.2. The number of hydrogen-bond acceptors (Lipinski definition) is 5. The van der Waals surface area contributed by atoms with E-state index in [1.807, 2.05) is 0 Å². The first-order valence-electron chi connectivity index (χ1n) is 10.4. The number of hydrogen-bond donors (Lipinski definition) is 1. The average Bonchev–Trinajstić information content (AvgIpc) is 3.05. The zero-order chi connectivity index (χ0) is 24.9. The number of sulfonamides is 1. The Morgan fingerprint density at radius 3 is 2.34 bits per heavy atom. The molecule has 0 aromatic heterocycles. The molecule has 2 aliphatic rings. The van der Waals surface area contributed by atoms with E-state index in [2.05, 4.69) is 9.71 Å². The van der Waals surface area contributed by atoms with Gasteiger partial charge in [-0.2, -0.15) is 8.42 Å². The van der Waals surface area contributed by atoms with E-state index in [4.69, 9.17) is 0 Å². The number of likely N-dealkylation sites (tertiary alicyclic amines) is 1. The van der Waals surface area contributed by atoms with Crippen molar-refractivity contribution in [3.63, 3.8) is 0 Å². The number of benzene rings is 3. The summed E-state index contributed by atoms with van der Waals surface area (Å²) in [5.41, 5.74) is 0.638. The fraction of sp³-hybridized carbons (Fsp3) is 0.125. The fourth-order valence-corrected chi connectivity index (χ4v) is 5.39. The highest BCUT2D eigenvalue weighted by Crippen LogP contribution is 2.38. The first-order valence-corrected chi connectivity index (χ1v) is 11.8. The molecule has 35 heavy (non-hydrogen) atoms. The highest BCUT2D eigenvalue weighted by molar-refractivity contribution is 7.90. The van der Waals surface area contributed by atoms with E-state index in [-0.39, 0.29) is 34.1 Å². The van der Waals surface area contributed by atoms with Gasteiger partial charge in [0.05, 0.1) is 5.69 Å². The molecule has 1 fully saturated rings. The predicted molar refractivity (Wildman–Crippen MR) is 119 cm³/mol. The number of rotatable bonds is 4. The van der Waals surface area contributed by atoms with Crippen LogP contribution in [0.25, 0.3) is 0 Å². The van der Waals surface area contributed by atoms with Crippen LogP contribution in [0.5, 0.6) is 0 Å². The van der Waals surface area contributed by atoms with Crippen LogP contribution in [0.3, 0.4) is 0 Å². The summed E-state index contributed by atoms with van der Waals surface area (Å²) in [5, 5.41) is 2.77. The summed E-state index contributed by atoms with van der Waals surface area (Å²) in [6.45, 7) is -0.281. The zero-order valence-corrected chi connectivity index (χ0v) is 18.6. The van der Waals surface area contributed by atoms with Gasteiger partial charge in [-0.1, -0.05) is 30.3 Å². The van der Waals surface area contributed by atoms with Gasteiger partial charge in [-0.15, -0.1) is 4.40 Å². The number of amides is 1. The fourth-order valence-electron chi connectivity index (χ4n) is 4.23. The lowest BCUT2D eigenvalue weighted by Crippen LogP contribution is -2.37. The third kappa shape index (κ3) is 3.97. The summed E-state index contributed by atoms with van der Waals surface area (Å²) < 4.78 is 69.8. The number of carbonyl (C=O) groups is 2. The van der Waals surface area contributed by atoms with E-state index in [1.54, 1.807) is 6.07 Å². The van der Waals surface area contributed by atoms with Crippen molar-refractivity contribution < 1.29 is 31.2 Å². The molecule has 0 spiro atoms. The van der Waals surface area contributed by atoms with Gasteiger partial charge in [0.25, 0.3) is 10.0 Å². The van der Waals surface area contributed by atoms with Crippen LogP contribution in [-0.2, 0) is 26.2 Å². The number of fused-ring (bicyclic) bond motifs is 1. The van der Waals surface area contributed by atoms with Crippen LogP contribution in [0.2, 0.25) is 0 Å². The number of nitrogens with zero attached hydrogens (tertiary/aromatic N) is 2. The minimum atomic E-state index is -4.19. The van der Waals surface area contributed by atoms with Gasteiger partial charge < -0.3 is 10.2 Å². The molecule has 3 aromatic rings. The van der Waals surface area contributed by atoms with Crippen molar-refractivity contribution in [3.05, 3.63) is 95.3 Å². The predicted octanol–water partition coefficient (Wildman–Crippen LogP) is 3.59. The molecule has 2 atom stereocenters. The second kappa shape index (κ2) is 8.35. The van der Waals surface area contributed by atoms with Crippen molar-refractivity contribution >= 4 is 33.2 Å². The van der Waals surface area contributed by atoms with Crippen LogP contribution in [0.15, 0.2) is 76.0 Å². The van der Waals surface area contributed by atoms with E-state index in [1.165, 1.54) is 36.4 Å². The molecule has 1 saturated heterocycles. The van der Waals surface area contributed by atoms with Gasteiger partial charge in [-0.05, 0) is 47.5 Å². The molecule has 2 heterocycles. The lowest BCUT2D eigenvalue weighted by Gasteiger charge is -2.24. The van der Waals surface area contributed by atoms with E-state index >= 15 is 0 Å². The Labute approximate surface area is 198 Å². The Hall–Kier alpha value is -3.99. The SMILES string of the molecule is O=C1C(C2=NS(=O)(=O)c3ccccc3N2)C(=O)N(Cc2ccc(F)c(F)c2)[C@H]1c1ccc(F)cc1. The quantitative estimate of drug-likeness (QED) is 0.554. The van der Waals surface area contributed by atoms with E-state index in [0.29, 0.717) is 0 Å². The van der Waals surface area contributed by atoms with Gasteiger partial charge in [0.15, 0.2) is 23.3 Å². The summed E-state index contributed by atoms with van der Waals surface area (Å²) >= 11 is 0. The molecule has 7 nitrogen and oxygen atoms in total. The molecule has 1 N–H and O–H groups in total. The van der Waals surface area contributed by atoms with Crippen LogP contribution in [0, 0.1) is 23.4 Å². The Bertz CT molecular complexity index is 1510. The molecule has 1 amide bonds. The summed E-state index contributed by atoms with van der Waals surface area (Å²) in [6.07, 6.45) is 0. The van der Waals surface area contributed by atoms with Crippen molar-refractivity contribution in [2.24, 2.45) is 10.3 Å². The number of amidine groups is 1. The van der Waals surface area contributed by atoms with Crippen LogP contribution in [0.1, 0.15) is 17.2 Å². The number of carbonyl (C=O) groups excluding carboxylic acids is 2. The molecule has 5 rings (SSSR count). The molecule has 11 heteroatoms.